The van der Waals surface area contributed by atoms with Gasteiger partial charge in [0.25, 0.3) is 0 Å². The summed E-state index contributed by atoms with van der Waals surface area (Å²) in [5.74, 6) is 1.27. The van der Waals surface area contributed by atoms with Crippen LogP contribution in [-0.2, 0) is 0 Å². The molecule has 2 heterocycles. The number of nitrogens with zero attached hydrogens (tertiary/aromatic N) is 3. The number of benzene rings is 1. The summed E-state index contributed by atoms with van der Waals surface area (Å²) in [6.07, 6.45) is 3.54. The Morgan fingerprint density at radius 1 is 1.05 bits per heavy atom. The van der Waals surface area contributed by atoms with E-state index in [1.54, 1.807) is 17.1 Å². The molecule has 0 aliphatic carbocycles. The monoisotopic (exact) mass is 278 g/mol. The van der Waals surface area contributed by atoms with E-state index in [2.05, 4.69) is 48.2 Å². The van der Waals surface area contributed by atoms with E-state index < -0.39 is 0 Å². The predicted octanol–water partition coefficient (Wildman–Crippen LogP) is 3.64. The van der Waals surface area contributed by atoms with E-state index in [1.165, 1.54) is 5.56 Å². The first-order valence-corrected chi connectivity index (χ1v) is 7.02. The van der Waals surface area contributed by atoms with E-state index >= 15 is 0 Å². The zero-order chi connectivity index (χ0) is 14.8. The standard InChI is InChI=1S/C17H18N4/c1-12(2)13-6-8-14(9-7-13)17-15(18)11-21(20-17)16-5-3-4-10-19-16/h3-12H,18H2,1-2H3. The zero-order valence-electron chi connectivity index (χ0n) is 12.2. The first-order chi connectivity index (χ1) is 10.1. The molecular weight excluding hydrogens is 260 g/mol. The minimum atomic E-state index is 0.516. The van der Waals surface area contributed by atoms with Crippen LogP contribution in [0.4, 0.5) is 5.69 Å². The minimum absolute atomic E-state index is 0.516. The smallest absolute Gasteiger partial charge is 0.153 e. The number of rotatable bonds is 3. The van der Waals surface area contributed by atoms with Crippen LogP contribution < -0.4 is 5.73 Å². The molecule has 0 amide bonds. The van der Waals surface area contributed by atoms with Gasteiger partial charge in [0.05, 0.1) is 11.9 Å². The van der Waals surface area contributed by atoms with Crippen molar-refractivity contribution in [2.75, 3.05) is 5.73 Å². The van der Waals surface area contributed by atoms with Crippen molar-refractivity contribution in [3.8, 4) is 17.1 Å². The van der Waals surface area contributed by atoms with E-state index in [-0.39, 0.29) is 0 Å². The van der Waals surface area contributed by atoms with Gasteiger partial charge in [-0.2, -0.15) is 5.10 Å². The van der Waals surface area contributed by atoms with Crippen LogP contribution in [0.5, 0.6) is 0 Å². The molecule has 2 aromatic heterocycles. The Morgan fingerprint density at radius 3 is 2.43 bits per heavy atom. The summed E-state index contributed by atoms with van der Waals surface area (Å²) >= 11 is 0. The molecule has 0 fully saturated rings. The Bertz CT molecular complexity index is 727. The summed E-state index contributed by atoms with van der Waals surface area (Å²) in [5.41, 5.74) is 9.86. The second-order valence-electron chi connectivity index (χ2n) is 5.34. The molecule has 4 heteroatoms. The molecule has 1 aromatic carbocycles. The zero-order valence-corrected chi connectivity index (χ0v) is 12.2. The van der Waals surface area contributed by atoms with E-state index in [0.717, 1.165) is 17.1 Å². The molecule has 0 radical (unpaired) electrons. The summed E-state index contributed by atoms with van der Waals surface area (Å²) in [5, 5.41) is 4.55. The molecule has 0 saturated carbocycles. The summed E-state index contributed by atoms with van der Waals surface area (Å²) in [6, 6.07) is 14.1. The maximum Gasteiger partial charge on any atom is 0.153 e. The number of anilines is 1. The first-order valence-electron chi connectivity index (χ1n) is 7.02. The number of aromatic nitrogens is 3. The molecule has 0 saturated heterocycles. The van der Waals surface area contributed by atoms with Crippen LogP contribution in [0.15, 0.2) is 54.9 Å². The Kier molecular flexibility index (Phi) is 3.44. The van der Waals surface area contributed by atoms with Crippen molar-refractivity contribution >= 4 is 5.69 Å². The molecule has 0 spiro atoms. The third-order valence-corrected chi connectivity index (χ3v) is 3.48. The van der Waals surface area contributed by atoms with Gasteiger partial charge < -0.3 is 5.73 Å². The number of nitrogen functional groups attached to an aromatic ring is 1. The fourth-order valence-electron chi connectivity index (χ4n) is 2.24. The van der Waals surface area contributed by atoms with Crippen LogP contribution in [-0.4, -0.2) is 14.8 Å². The molecule has 0 aliphatic heterocycles. The first kappa shape index (κ1) is 13.4. The van der Waals surface area contributed by atoms with Crippen LogP contribution in [0.3, 0.4) is 0 Å². The topological polar surface area (TPSA) is 56.7 Å². The van der Waals surface area contributed by atoms with Gasteiger partial charge in [-0.3, -0.25) is 0 Å². The molecule has 21 heavy (non-hydrogen) atoms. The fraction of sp³-hybridized carbons (Fsp3) is 0.176. The van der Waals surface area contributed by atoms with Gasteiger partial charge >= 0.3 is 0 Å². The highest BCUT2D eigenvalue weighted by Crippen LogP contribution is 2.26. The molecule has 106 valence electrons. The average Bonchev–Trinajstić information content (AvgIpc) is 2.90. The van der Waals surface area contributed by atoms with Crippen molar-refractivity contribution < 1.29 is 0 Å². The van der Waals surface area contributed by atoms with Gasteiger partial charge in [0.2, 0.25) is 0 Å². The Morgan fingerprint density at radius 2 is 1.81 bits per heavy atom. The highest BCUT2D eigenvalue weighted by molar-refractivity contribution is 5.72. The highest BCUT2D eigenvalue weighted by atomic mass is 15.3. The molecule has 0 unspecified atom stereocenters. The molecule has 0 aliphatic rings. The lowest BCUT2D eigenvalue weighted by atomic mass is 10.0. The SMILES string of the molecule is CC(C)c1ccc(-c2nn(-c3ccccn3)cc2N)cc1. The van der Waals surface area contributed by atoms with Gasteiger partial charge in [-0.25, -0.2) is 9.67 Å². The van der Waals surface area contributed by atoms with Crippen molar-refractivity contribution in [1.29, 1.82) is 0 Å². The number of nitrogens with two attached hydrogens (primary N) is 1. The molecular formula is C17H18N4. The predicted molar refractivity (Wildman–Crippen MR) is 85.3 cm³/mol. The highest BCUT2D eigenvalue weighted by Gasteiger charge is 2.10. The van der Waals surface area contributed by atoms with Gasteiger partial charge in [0, 0.05) is 11.8 Å². The van der Waals surface area contributed by atoms with Crippen molar-refractivity contribution in [2.45, 2.75) is 19.8 Å². The largest absolute Gasteiger partial charge is 0.396 e. The van der Waals surface area contributed by atoms with Crippen molar-refractivity contribution in [2.24, 2.45) is 0 Å². The summed E-state index contributed by atoms with van der Waals surface area (Å²) < 4.78 is 1.71. The lowest BCUT2D eigenvalue weighted by molar-refractivity contribution is 0.849. The molecule has 3 rings (SSSR count). The Hall–Kier alpha value is -2.62. The molecule has 4 nitrogen and oxygen atoms in total. The number of hydrogen-bond donors (Lipinski definition) is 1. The van der Waals surface area contributed by atoms with E-state index in [0.29, 0.717) is 11.6 Å². The van der Waals surface area contributed by atoms with Gasteiger partial charge in [-0.05, 0) is 23.6 Å². The van der Waals surface area contributed by atoms with E-state index in [1.807, 2.05) is 18.2 Å². The molecule has 0 atom stereocenters. The maximum atomic E-state index is 6.10. The fourth-order valence-corrected chi connectivity index (χ4v) is 2.24. The Balaban J connectivity index is 1.98. The second kappa shape index (κ2) is 5.40. The van der Waals surface area contributed by atoms with Crippen molar-refractivity contribution in [3.63, 3.8) is 0 Å². The molecule has 3 aromatic rings. The number of hydrogen-bond acceptors (Lipinski definition) is 3. The molecule has 0 bridgehead atoms. The summed E-state index contributed by atoms with van der Waals surface area (Å²) in [4.78, 5) is 4.28. The van der Waals surface area contributed by atoms with Crippen LogP contribution in [0.2, 0.25) is 0 Å². The van der Waals surface area contributed by atoms with E-state index in [9.17, 15) is 0 Å². The van der Waals surface area contributed by atoms with Crippen LogP contribution >= 0.6 is 0 Å². The average molecular weight is 278 g/mol. The van der Waals surface area contributed by atoms with Crippen LogP contribution in [0.1, 0.15) is 25.3 Å². The van der Waals surface area contributed by atoms with Gasteiger partial charge in [0.1, 0.15) is 5.69 Å². The van der Waals surface area contributed by atoms with Gasteiger partial charge in [0.15, 0.2) is 5.82 Å². The third kappa shape index (κ3) is 2.65. The molecule has 2 N–H and O–H groups in total. The van der Waals surface area contributed by atoms with Gasteiger partial charge in [-0.1, -0.05) is 44.2 Å². The normalized spacial score (nSPS) is 11.0. The maximum absolute atomic E-state index is 6.10. The van der Waals surface area contributed by atoms with Crippen molar-refractivity contribution in [3.05, 3.63) is 60.4 Å². The third-order valence-electron chi connectivity index (χ3n) is 3.48. The summed E-state index contributed by atoms with van der Waals surface area (Å²) in [6.45, 7) is 4.36. The van der Waals surface area contributed by atoms with Gasteiger partial charge in [-0.15, -0.1) is 0 Å². The number of pyridine rings is 1. The van der Waals surface area contributed by atoms with E-state index in [4.69, 9.17) is 5.73 Å². The quantitative estimate of drug-likeness (QED) is 0.795. The lowest BCUT2D eigenvalue weighted by Crippen LogP contribution is -1.97. The van der Waals surface area contributed by atoms with Crippen LogP contribution in [0, 0.1) is 0 Å². The lowest BCUT2D eigenvalue weighted by Gasteiger charge is -2.06. The van der Waals surface area contributed by atoms with Crippen LogP contribution in [0.25, 0.3) is 17.1 Å². The minimum Gasteiger partial charge on any atom is -0.396 e. The van der Waals surface area contributed by atoms with Crippen molar-refractivity contribution in [1.82, 2.24) is 14.8 Å². The Labute approximate surface area is 124 Å². The second-order valence-corrected chi connectivity index (χ2v) is 5.34. The summed E-state index contributed by atoms with van der Waals surface area (Å²) in [7, 11) is 0.